The lowest BCUT2D eigenvalue weighted by Gasteiger charge is -2.37. The molecule has 2 atom stereocenters. The Hall–Kier alpha value is -1.55. The van der Waals surface area contributed by atoms with E-state index in [2.05, 4.69) is 39.5 Å². The average Bonchev–Trinajstić information content (AvgIpc) is 2.76. The van der Waals surface area contributed by atoms with Crippen molar-refractivity contribution in [3.05, 3.63) is 35.9 Å². The van der Waals surface area contributed by atoms with Gasteiger partial charge in [-0.05, 0) is 25.3 Å². The van der Waals surface area contributed by atoms with Crippen LogP contribution < -0.4 is 5.32 Å². The average molecular weight is 516 g/mol. The normalized spacial score (nSPS) is 22.6. The highest BCUT2D eigenvalue weighted by molar-refractivity contribution is 14.0. The number of benzene rings is 1. The van der Waals surface area contributed by atoms with Crippen molar-refractivity contribution in [1.29, 1.82) is 0 Å². The molecule has 162 valence electrons. The highest BCUT2D eigenvalue weighted by atomic mass is 127. The number of carbonyl (C=O) groups excluding carboxylic acids is 1. The maximum atomic E-state index is 11.9. The molecule has 8 heteroatoms. The van der Waals surface area contributed by atoms with E-state index in [0.717, 1.165) is 45.0 Å². The predicted octanol–water partition coefficient (Wildman–Crippen LogP) is 3.12. The van der Waals surface area contributed by atoms with E-state index in [0.29, 0.717) is 25.6 Å². The van der Waals surface area contributed by atoms with Gasteiger partial charge in [0.2, 0.25) is 0 Å². The molecule has 1 N–H and O–H groups in total. The van der Waals surface area contributed by atoms with E-state index < -0.39 is 0 Å². The van der Waals surface area contributed by atoms with E-state index >= 15 is 0 Å². The van der Waals surface area contributed by atoms with Gasteiger partial charge in [0.15, 0.2) is 5.96 Å². The quantitative estimate of drug-likeness (QED) is 0.379. The van der Waals surface area contributed by atoms with Crippen molar-refractivity contribution in [2.24, 2.45) is 10.9 Å². The van der Waals surface area contributed by atoms with Crippen LogP contribution in [0, 0.1) is 5.92 Å². The molecule has 1 amide bonds. The second-order valence-electron chi connectivity index (χ2n) is 7.21. The van der Waals surface area contributed by atoms with Gasteiger partial charge < -0.3 is 24.6 Å². The van der Waals surface area contributed by atoms with Gasteiger partial charge in [-0.25, -0.2) is 4.79 Å². The molecule has 0 bridgehead atoms. The van der Waals surface area contributed by atoms with Crippen molar-refractivity contribution in [3.8, 4) is 0 Å². The van der Waals surface area contributed by atoms with E-state index in [1.165, 1.54) is 5.56 Å². The highest BCUT2D eigenvalue weighted by Crippen LogP contribution is 2.33. The van der Waals surface area contributed by atoms with Crippen molar-refractivity contribution in [2.45, 2.75) is 25.9 Å². The van der Waals surface area contributed by atoms with Crippen LogP contribution in [0.15, 0.2) is 35.3 Å². The van der Waals surface area contributed by atoms with Crippen molar-refractivity contribution in [1.82, 2.24) is 15.1 Å². The first-order valence-corrected chi connectivity index (χ1v) is 10.3. The number of rotatable bonds is 4. The lowest BCUT2D eigenvalue weighted by molar-refractivity contribution is -0.0267. The molecule has 2 aliphatic rings. The number of guanidine groups is 1. The molecule has 0 saturated carbocycles. The SMILES string of the molecule is CCOC(=O)N1CCN(C(=NC)NCC2CCCOC2c2ccccc2)CC1.I. The van der Waals surface area contributed by atoms with Gasteiger partial charge in [0, 0.05) is 52.3 Å². The standard InChI is InChI=1S/C21H32N4O3.HI/c1-3-27-21(26)25-13-11-24(12-14-25)20(22-2)23-16-18-10-7-15-28-19(18)17-8-5-4-6-9-17;/h4-6,8-9,18-19H,3,7,10-16H2,1-2H3,(H,22,23);1H. The molecule has 2 fully saturated rings. The molecule has 0 aliphatic carbocycles. The number of nitrogens with one attached hydrogen (secondary N) is 1. The second-order valence-corrected chi connectivity index (χ2v) is 7.21. The summed E-state index contributed by atoms with van der Waals surface area (Å²) in [6.07, 6.45) is 2.13. The van der Waals surface area contributed by atoms with Crippen LogP contribution in [0.5, 0.6) is 0 Å². The number of hydrogen-bond donors (Lipinski definition) is 1. The first-order valence-electron chi connectivity index (χ1n) is 10.3. The smallest absolute Gasteiger partial charge is 0.409 e. The molecule has 2 saturated heterocycles. The number of ether oxygens (including phenoxy) is 2. The van der Waals surface area contributed by atoms with Gasteiger partial charge in [0.1, 0.15) is 0 Å². The predicted molar refractivity (Wildman–Crippen MR) is 125 cm³/mol. The Kier molecular flexibility index (Phi) is 9.99. The van der Waals surface area contributed by atoms with Gasteiger partial charge in [0.05, 0.1) is 12.7 Å². The van der Waals surface area contributed by atoms with Crippen LogP contribution in [-0.2, 0) is 9.47 Å². The van der Waals surface area contributed by atoms with Gasteiger partial charge in [-0.1, -0.05) is 30.3 Å². The molecule has 2 unspecified atom stereocenters. The summed E-state index contributed by atoms with van der Waals surface area (Å²) in [5.74, 6) is 1.30. The fraction of sp³-hybridized carbons (Fsp3) is 0.619. The summed E-state index contributed by atoms with van der Waals surface area (Å²) in [6.45, 7) is 6.69. The maximum absolute atomic E-state index is 11.9. The van der Waals surface area contributed by atoms with Crippen molar-refractivity contribution in [3.63, 3.8) is 0 Å². The Morgan fingerprint density at radius 2 is 1.90 bits per heavy atom. The number of aliphatic imine (C=N–C) groups is 1. The van der Waals surface area contributed by atoms with E-state index in [-0.39, 0.29) is 36.2 Å². The molecule has 1 aromatic carbocycles. The lowest BCUT2D eigenvalue weighted by atomic mass is 9.89. The van der Waals surface area contributed by atoms with Crippen LogP contribution in [0.4, 0.5) is 4.79 Å². The molecule has 1 aromatic rings. The molecule has 0 aromatic heterocycles. The number of carbonyl (C=O) groups is 1. The highest BCUT2D eigenvalue weighted by Gasteiger charge is 2.29. The Morgan fingerprint density at radius 1 is 1.21 bits per heavy atom. The Bertz CT molecular complexity index is 651. The minimum Gasteiger partial charge on any atom is -0.450 e. The lowest BCUT2D eigenvalue weighted by Crippen LogP contribution is -2.54. The number of hydrogen-bond acceptors (Lipinski definition) is 4. The Morgan fingerprint density at radius 3 is 2.55 bits per heavy atom. The number of nitrogens with zero attached hydrogens (tertiary/aromatic N) is 3. The summed E-state index contributed by atoms with van der Waals surface area (Å²) in [4.78, 5) is 20.3. The molecule has 29 heavy (non-hydrogen) atoms. The van der Waals surface area contributed by atoms with Crippen molar-refractivity contribution < 1.29 is 14.3 Å². The summed E-state index contributed by atoms with van der Waals surface area (Å²) in [6, 6.07) is 10.5. The van der Waals surface area contributed by atoms with Crippen LogP contribution in [0.3, 0.4) is 0 Å². The number of halogens is 1. The van der Waals surface area contributed by atoms with Gasteiger partial charge in [0.25, 0.3) is 0 Å². The minimum atomic E-state index is -0.227. The van der Waals surface area contributed by atoms with Crippen LogP contribution in [0.2, 0.25) is 0 Å². The zero-order chi connectivity index (χ0) is 19.8. The summed E-state index contributed by atoms with van der Waals surface area (Å²) < 4.78 is 11.2. The second kappa shape index (κ2) is 12.2. The van der Waals surface area contributed by atoms with E-state index in [9.17, 15) is 4.79 Å². The van der Waals surface area contributed by atoms with Crippen LogP contribution in [-0.4, -0.2) is 74.8 Å². The largest absolute Gasteiger partial charge is 0.450 e. The molecule has 0 spiro atoms. The van der Waals surface area contributed by atoms with Gasteiger partial charge in [-0.3, -0.25) is 4.99 Å². The molecule has 3 rings (SSSR count). The number of amides is 1. The third kappa shape index (κ3) is 6.47. The zero-order valence-electron chi connectivity index (χ0n) is 17.4. The summed E-state index contributed by atoms with van der Waals surface area (Å²) in [7, 11) is 1.81. The fourth-order valence-corrected chi connectivity index (χ4v) is 3.93. The molecular formula is C21H33IN4O3. The zero-order valence-corrected chi connectivity index (χ0v) is 19.7. The Labute approximate surface area is 190 Å². The molecular weight excluding hydrogens is 483 g/mol. The number of piperazine rings is 1. The molecule has 0 radical (unpaired) electrons. The van der Waals surface area contributed by atoms with Gasteiger partial charge >= 0.3 is 6.09 Å². The topological polar surface area (TPSA) is 66.4 Å². The molecule has 7 nitrogen and oxygen atoms in total. The summed E-state index contributed by atoms with van der Waals surface area (Å²) >= 11 is 0. The first kappa shape index (κ1) is 23.7. The third-order valence-electron chi connectivity index (χ3n) is 5.41. The van der Waals surface area contributed by atoms with Crippen LogP contribution in [0.1, 0.15) is 31.4 Å². The molecule has 2 heterocycles. The van der Waals surface area contributed by atoms with Crippen molar-refractivity contribution >= 4 is 36.0 Å². The van der Waals surface area contributed by atoms with E-state index in [1.807, 2.05) is 20.0 Å². The minimum absolute atomic E-state index is 0. The van der Waals surface area contributed by atoms with Gasteiger partial charge in [-0.15, -0.1) is 24.0 Å². The molecule has 2 aliphatic heterocycles. The summed E-state index contributed by atoms with van der Waals surface area (Å²) in [5, 5.41) is 3.54. The van der Waals surface area contributed by atoms with Crippen molar-refractivity contribution in [2.75, 3.05) is 53.0 Å². The maximum Gasteiger partial charge on any atom is 0.409 e. The van der Waals surface area contributed by atoms with Crippen LogP contribution in [0.25, 0.3) is 0 Å². The van der Waals surface area contributed by atoms with E-state index in [1.54, 1.807) is 4.90 Å². The van der Waals surface area contributed by atoms with Gasteiger partial charge in [-0.2, -0.15) is 0 Å². The Balaban J connectivity index is 0.00000300. The monoisotopic (exact) mass is 516 g/mol. The third-order valence-corrected chi connectivity index (χ3v) is 5.41. The summed E-state index contributed by atoms with van der Waals surface area (Å²) in [5.41, 5.74) is 1.24. The van der Waals surface area contributed by atoms with Crippen LogP contribution >= 0.6 is 24.0 Å². The first-order chi connectivity index (χ1) is 13.7. The van der Waals surface area contributed by atoms with E-state index in [4.69, 9.17) is 9.47 Å². The fourth-order valence-electron chi connectivity index (χ4n) is 3.93.